The van der Waals surface area contributed by atoms with E-state index in [1.165, 1.54) is 12.8 Å². The second kappa shape index (κ2) is 3.81. The number of benzene rings is 1. The fourth-order valence-electron chi connectivity index (χ4n) is 1.47. The summed E-state index contributed by atoms with van der Waals surface area (Å²) in [4.78, 5) is 11.7. The van der Waals surface area contributed by atoms with Crippen molar-refractivity contribution < 1.29 is 4.79 Å². The second-order valence-corrected chi connectivity index (χ2v) is 4.04. The van der Waals surface area contributed by atoms with Crippen LogP contribution in [-0.4, -0.2) is 12.5 Å². The van der Waals surface area contributed by atoms with E-state index in [0.29, 0.717) is 22.9 Å². The molecule has 0 radical (unpaired) electrons. The maximum absolute atomic E-state index is 11.7. The first kappa shape index (κ1) is 9.83. The van der Waals surface area contributed by atoms with Crippen molar-refractivity contribution in [3.8, 4) is 0 Å². The molecule has 0 heterocycles. The maximum Gasteiger partial charge on any atom is 0.251 e. The van der Waals surface area contributed by atoms with Crippen molar-refractivity contribution in [3.05, 3.63) is 23.8 Å². The molecule has 80 valence electrons. The molecule has 1 aromatic rings. The minimum Gasteiger partial charge on any atom is -0.399 e. The highest BCUT2D eigenvalue weighted by atomic mass is 16.1. The molecule has 1 aromatic carbocycles. The predicted molar refractivity (Wildman–Crippen MR) is 60.3 cm³/mol. The van der Waals surface area contributed by atoms with Crippen LogP contribution >= 0.6 is 0 Å². The predicted octanol–water partition coefficient (Wildman–Crippen LogP) is 0.991. The topological polar surface area (TPSA) is 81.1 Å². The number of amides is 1. The van der Waals surface area contributed by atoms with Gasteiger partial charge in [-0.1, -0.05) is 0 Å². The molecule has 1 aliphatic rings. The van der Waals surface area contributed by atoms with Gasteiger partial charge in [-0.25, -0.2) is 0 Å². The molecule has 1 fully saturated rings. The van der Waals surface area contributed by atoms with Gasteiger partial charge in [0.1, 0.15) is 0 Å². The van der Waals surface area contributed by atoms with Crippen LogP contribution in [-0.2, 0) is 0 Å². The molecule has 0 atom stereocenters. The van der Waals surface area contributed by atoms with Crippen LogP contribution in [0.1, 0.15) is 23.2 Å². The van der Waals surface area contributed by atoms with E-state index in [9.17, 15) is 4.79 Å². The van der Waals surface area contributed by atoms with E-state index in [4.69, 9.17) is 11.5 Å². The molecule has 2 rings (SSSR count). The number of hydrogen-bond acceptors (Lipinski definition) is 3. The third kappa shape index (κ3) is 2.62. The van der Waals surface area contributed by atoms with Gasteiger partial charge in [-0.05, 0) is 37.0 Å². The molecule has 0 unspecified atom stereocenters. The molecule has 15 heavy (non-hydrogen) atoms. The highest BCUT2D eigenvalue weighted by molar-refractivity contribution is 5.96. The van der Waals surface area contributed by atoms with Gasteiger partial charge in [0.05, 0.1) is 0 Å². The number of nitrogens with two attached hydrogens (primary N) is 2. The second-order valence-electron chi connectivity index (χ2n) is 4.04. The van der Waals surface area contributed by atoms with Crippen LogP contribution in [0, 0.1) is 5.92 Å². The lowest BCUT2D eigenvalue weighted by atomic mass is 10.1. The van der Waals surface area contributed by atoms with Crippen LogP contribution in [0.4, 0.5) is 11.4 Å². The number of nitrogen functional groups attached to an aromatic ring is 2. The summed E-state index contributed by atoms with van der Waals surface area (Å²) in [6, 6.07) is 4.91. The van der Waals surface area contributed by atoms with Gasteiger partial charge in [-0.15, -0.1) is 0 Å². The van der Waals surface area contributed by atoms with Gasteiger partial charge in [0, 0.05) is 23.5 Å². The molecule has 5 N–H and O–H groups in total. The average Bonchev–Trinajstić information content (AvgIpc) is 2.96. The zero-order valence-electron chi connectivity index (χ0n) is 8.49. The van der Waals surface area contributed by atoms with E-state index in [2.05, 4.69) is 5.32 Å². The first-order chi connectivity index (χ1) is 7.15. The molecular formula is C11H15N3O. The van der Waals surface area contributed by atoms with Crippen molar-refractivity contribution in [2.75, 3.05) is 18.0 Å². The Morgan fingerprint density at radius 1 is 1.27 bits per heavy atom. The molecule has 1 aliphatic carbocycles. The zero-order chi connectivity index (χ0) is 10.8. The zero-order valence-corrected chi connectivity index (χ0v) is 8.49. The van der Waals surface area contributed by atoms with E-state index >= 15 is 0 Å². The SMILES string of the molecule is Nc1cc(N)cc(C(=O)NCC2CC2)c1. The number of carbonyl (C=O) groups excluding carboxylic acids is 1. The Morgan fingerprint density at radius 3 is 2.40 bits per heavy atom. The summed E-state index contributed by atoms with van der Waals surface area (Å²) >= 11 is 0. The van der Waals surface area contributed by atoms with Crippen molar-refractivity contribution in [1.82, 2.24) is 5.32 Å². The average molecular weight is 205 g/mol. The van der Waals surface area contributed by atoms with Crippen LogP contribution in [0.5, 0.6) is 0 Å². The van der Waals surface area contributed by atoms with Crippen LogP contribution in [0.15, 0.2) is 18.2 Å². The van der Waals surface area contributed by atoms with Gasteiger partial charge in [0.2, 0.25) is 0 Å². The number of nitrogens with one attached hydrogen (secondary N) is 1. The molecule has 0 bridgehead atoms. The first-order valence-electron chi connectivity index (χ1n) is 5.09. The van der Waals surface area contributed by atoms with Gasteiger partial charge in [0.15, 0.2) is 0 Å². The molecule has 0 saturated heterocycles. The molecule has 1 saturated carbocycles. The summed E-state index contributed by atoms with van der Waals surface area (Å²) in [5, 5.41) is 2.87. The monoisotopic (exact) mass is 205 g/mol. The molecule has 1 amide bonds. The molecular weight excluding hydrogens is 190 g/mol. The minimum atomic E-state index is -0.0964. The molecule has 0 spiro atoms. The van der Waals surface area contributed by atoms with Crippen molar-refractivity contribution in [2.24, 2.45) is 5.92 Å². The maximum atomic E-state index is 11.7. The lowest BCUT2D eigenvalue weighted by Crippen LogP contribution is -2.25. The fourth-order valence-corrected chi connectivity index (χ4v) is 1.47. The van der Waals surface area contributed by atoms with E-state index in [1.807, 2.05) is 0 Å². The van der Waals surface area contributed by atoms with Crippen LogP contribution < -0.4 is 16.8 Å². The summed E-state index contributed by atoms with van der Waals surface area (Å²) in [5.74, 6) is 0.577. The van der Waals surface area contributed by atoms with Crippen LogP contribution in [0.2, 0.25) is 0 Å². The summed E-state index contributed by atoms with van der Waals surface area (Å²) < 4.78 is 0. The summed E-state index contributed by atoms with van der Waals surface area (Å²) in [6.07, 6.45) is 2.44. The number of rotatable bonds is 3. The largest absolute Gasteiger partial charge is 0.399 e. The Balaban J connectivity index is 2.02. The van der Waals surface area contributed by atoms with Gasteiger partial charge in [-0.3, -0.25) is 4.79 Å². The van der Waals surface area contributed by atoms with Crippen molar-refractivity contribution >= 4 is 17.3 Å². The number of hydrogen-bond donors (Lipinski definition) is 3. The summed E-state index contributed by atoms with van der Waals surface area (Å²) in [6.45, 7) is 0.757. The summed E-state index contributed by atoms with van der Waals surface area (Å²) in [5.41, 5.74) is 12.8. The molecule has 4 nitrogen and oxygen atoms in total. The van der Waals surface area contributed by atoms with Gasteiger partial charge in [-0.2, -0.15) is 0 Å². The smallest absolute Gasteiger partial charge is 0.251 e. The van der Waals surface area contributed by atoms with E-state index in [1.54, 1.807) is 18.2 Å². The Kier molecular flexibility index (Phi) is 2.49. The van der Waals surface area contributed by atoms with E-state index in [0.717, 1.165) is 6.54 Å². The van der Waals surface area contributed by atoms with E-state index in [-0.39, 0.29) is 5.91 Å². The van der Waals surface area contributed by atoms with Crippen LogP contribution in [0.25, 0.3) is 0 Å². The quantitative estimate of drug-likeness (QED) is 0.644. The van der Waals surface area contributed by atoms with Gasteiger partial charge >= 0.3 is 0 Å². The van der Waals surface area contributed by atoms with Gasteiger partial charge in [0.25, 0.3) is 5.91 Å². The Bertz CT molecular complexity index is 365. The highest BCUT2D eigenvalue weighted by Gasteiger charge is 2.21. The van der Waals surface area contributed by atoms with Crippen molar-refractivity contribution in [2.45, 2.75) is 12.8 Å². The third-order valence-electron chi connectivity index (χ3n) is 2.49. The Labute approximate surface area is 88.6 Å². The lowest BCUT2D eigenvalue weighted by molar-refractivity contribution is 0.0952. The van der Waals surface area contributed by atoms with Gasteiger partial charge < -0.3 is 16.8 Å². The van der Waals surface area contributed by atoms with E-state index < -0.39 is 0 Å². The Morgan fingerprint density at radius 2 is 1.87 bits per heavy atom. The lowest BCUT2D eigenvalue weighted by Gasteiger charge is -2.05. The fraction of sp³-hybridized carbons (Fsp3) is 0.364. The molecule has 0 aromatic heterocycles. The first-order valence-corrected chi connectivity index (χ1v) is 5.09. The van der Waals surface area contributed by atoms with Crippen molar-refractivity contribution in [1.29, 1.82) is 0 Å². The normalized spacial score (nSPS) is 14.9. The minimum absolute atomic E-state index is 0.0964. The third-order valence-corrected chi connectivity index (χ3v) is 2.49. The number of carbonyl (C=O) groups is 1. The number of anilines is 2. The highest BCUT2D eigenvalue weighted by Crippen LogP contribution is 2.27. The Hall–Kier alpha value is -1.71. The standard InChI is InChI=1S/C11H15N3O/c12-9-3-8(4-10(13)5-9)11(15)14-6-7-1-2-7/h3-5,7H,1-2,6,12-13H2,(H,14,15). The molecule has 4 heteroatoms. The summed E-state index contributed by atoms with van der Waals surface area (Å²) in [7, 11) is 0. The van der Waals surface area contributed by atoms with Crippen LogP contribution in [0.3, 0.4) is 0 Å². The molecule has 0 aliphatic heterocycles. The van der Waals surface area contributed by atoms with Crippen molar-refractivity contribution in [3.63, 3.8) is 0 Å².